The molecule has 0 saturated carbocycles. The van der Waals surface area contributed by atoms with Gasteiger partial charge in [0.15, 0.2) is 0 Å². The van der Waals surface area contributed by atoms with Crippen LogP contribution in [0.3, 0.4) is 0 Å². The summed E-state index contributed by atoms with van der Waals surface area (Å²) in [6.45, 7) is 1.92. The van der Waals surface area contributed by atoms with Crippen molar-refractivity contribution in [2.45, 2.75) is 13.3 Å². The Morgan fingerprint density at radius 1 is 1.50 bits per heavy atom. The number of halogens is 3. The topological polar surface area (TPSA) is 0 Å². The lowest BCUT2D eigenvalue weighted by Crippen LogP contribution is -1.87. The van der Waals surface area contributed by atoms with E-state index in [4.69, 9.17) is 0 Å². The van der Waals surface area contributed by atoms with E-state index in [1.807, 2.05) is 13.0 Å². The van der Waals surface area contributed by atoms with Crippen LogP contribution in [0.1, 0.15) is 18.9 Å². The molecule has 0 radical (unpaired) electrons. The highest BCUT2D eigenvalue weighted by Gasteiger charge is 2.03. The van der Waals surface area contributed by atoms with E-state index < -0.39 is 0 Å². The van der Waals surface area contributed by atoms with Crippen LogP contribution in [0.15, 0.2) is 28.7 Å². The molecular formula is C11H11Br2F. The molecule has 0 bridgehead atoms. The summed E-state index contributed by atoms with van der Waals surface area (Å²) in [7, 11) is 0. The lowest BCUT2D eigenvalue weighted by Gasteiger charge is -2.04. The van der Waals surface area contributed by atoms with Gasteiger partial charge in [0.1, 0.15) is 5.82 Å². The Balaban J connectivity index is 2.99. The van der Waals surface area contributed by atoms with Crippen LogP contribution in [0.5, 0.6) is 0 Å². The predicted molar refractivity (Wildman–Crippen MR) is 66.2 cm³/mol. The first-order valence-corrected chi connectivity index (χ1v) is 6.24. The van der Waals surface area contributed by atoms with Crippen LogP contribution in [0.4, 0.5) is 4.39 Å². The Morgan fingerprint density at radius 3 is 2.86 bits per heavy atom. The molecule has 76 valence electrons. The standard InChI is InChI=1S/C11H11Br2F/c1-8(3-2-6-12)10-7-9(13)4-5-11(10)14/h3-5,7H,2,6H2,1H3/b8-3-. The molecule has 0 unspecified atom stereocenters. The molecule has 0 aromatic heterocycles. The van der Waals surface area contributed by atoms with Gasteiger partial charge in [-0.2, -0.15) is 0 Å². The van der Waals surface area contributed by atoms with Crippen LogP contribution in [-0.2, 0) is 0 Å². The number of rotatable bonds is 3. The number of alkyl halides is 1. The molecule has 14 heavy (non-hydrogen) atoms. The van der Waals surface area contributed by atoms with Crippen molar-refractivity contribution >= 4 is 37.4 Å². The van der Waals surface area contributed by atoms with Crippen LogP contribution in [-0.4, -0.2) is 5.33 Å². The van der Waals surface area contributed by atoms with Gasteiger partial charge in [0, 0.05) is 15.4 Å². The summed E-state index contributed by atoms with van der Waals surface area (Å²) >= 11 is 6.67. The monoisotopic (exact) mass is 320 g/mol. The predicted octanol–water partition coefficient (Wildman–Crippen LogP) is 4.78. The van der Waals surface area contributed by atoms with Gasteiger partial charge in [-0.25, -0.2) is 4.39 Å². The molecule has 0 saturated heterocycles. The van der Waals surface area contributed by atoms with Crippen molar-refractivity contribution < 1.29 is 4.39 Å². The van der Waals surface area contributed by atoms with Crippen molar-refractivity contribution in [1.82, 2.24) is 0 Å². The highest BCUT2D eigenvalue weighted by Crippen LogP contribution is 2.22. The van der Waals surface area contributed by atoms with Crippen LogP contribution >= 0.6 is 31.9 Å². The van der Waals surface area contributed by atoms with Gasteiger partial charge in [0.05, 0.1) is 0 Å². The van der Waals surface area contributed by atoms with Gasteiger partial charge in [-0.15, -0.1) is 0 Å². The Labute approximate surface area is 100 Å². The number of hydrogen-bond donors (Lipinski definition) is 0. The van der Waals surface area contributed by atoms with Gasteiger partial charge in [0.2, 0.25) is 0 Å². The second-order valence-corrected chi connectivity index (χ2v) is 4.70. The van der Waals surface area contributed by atoms with E-state index in [9.17, 15) is 4.39 Å². The zero-order valence-electron chi connectivity index (χ0n) is 7.86. The Kier molecular flexibility index (Phi) is 4.82. The second kappa shape index (κ2) is 5.66. The minimum absolute atomic E-state index is 0.170. The SMILES string of the molecule is C/C(=C/CCBr)c1cc(Br)ccc1F. The van der Waals surface area contributed by atoms with Crippen molar-refractivity contribution in [3.63, 3.8) is 0 Å². The summed E-state index contributed by atoms with van der Waals surface area (Å²) in [5, 5.41) is 0.903. The number of allylic oxidation sites excluding steroid dienone is 2. The smallest absolute Gasteiger partial charge is 0.130 e. The van der Waals surface area contributed by atoms with Crippen LogP contribution in [0, 0.1) is 5.82 Å². The van der Waals surface area contributed by atoms with Crippen LogP contribution in [0.25, 0.3) is 5.57 Å². The van der Waals surface area contributed by atoms with Crippen LogP contribution < -0.4 is 0 Å². The minimum Gasteiger partial charge on any atom is -0.206 e. The molecule has 0 N–H and O–H groups in total. The maximum Gasteiger partial charge on any atom is 0.130 e. The van der Waals surface area contributed by atoms with Crippen LogP contribution in [0.2, 0.25) is 0 Å². The first-order valence-electron chi connectivity index (χ1n) is 4.33. The third-order valence-electron chi connectivity index (χ3n) is 1.91. The second-order valence-electron chi connectivity index (χ2n) is 2.99. The quantitative estimate of drug-likeness (QED) is 0.703. The Bertz CT molecular complexity index is 345. The largest absolute Gasteiger partial charge is 0.206 e. The van der Waals surface area contributed by atoms with Crippen molar-refractivity contribution in [2.24, 2.45) is 0 Å². The Hall–Kier alpha value is -0.150. The van der Waals surface area contributed by atoms with Gasteiger partial charge < -0.3 is 0 Å². The fourth-order valence-electron chi connectivity index (χ4n) is 1.18. The molecule has 0 aliphatic rings. The lowest BCUT2D eigenvalue weighted by atomic mass is 10.1. The molecule has 0 heterocycles. The highest BCUT2D eigenvalue weighted by molar-refractivity contribution is 9.10. The molecule has 1 aromatic rings. The minimum atomic E-state index is -0.170. The maximum atomic E-state index is 13.4. The van der Waals surface area contributed by atoms with E-state index >= 15 is 0 Å². The summed E-state index contributed by atoms with van der Waals surface area (Å²) in [5.74, 6) is -0.170. The normalized spacial score (nSPS) is 11.9. The molecule has 0 aliphatic heterocycles. The zero-order valence-corrected chi connectivity index (χ0v) is 11.0. The lowest BCUT2D eigenvalue weighted by molar-refractivity contribution is 0.623. The first kappa shape index (κ1) is 11.9. The molecule has 0 atom stereocenters. The van der Waals surface area contributed by atoms with Gasteiger partial charge in [-0.05, 0) is 37.1 Å². The van der Waals surface area contributed by atoms with Crippen molar-refractivity contribution in [3.8, 4) is 0 Å². The third kappa shape index (κ3) is 3.21. The number of benzene rings is 1. The zero-order chi connectivity index (χ0) is 10.6. The average Bonchev–Trinajstić information content (AvgIpc) is 2.18. The molecule has 3 heteroatoms. The molecule has 0 aliphatic carbocycles. The first-order chi connectivity index (χ1) is 6.65. The fraction of sp³-hybridized carbons (Fsp3) is 0.273. The van der Waals surface area contributed by atoms with Crippen molar-refractivity contribution in [1.29, 1.82) is 0 Å². The third-order valence-corrected chi connectivity index (χ3v) is 2.86. The molecule has 0 nitrogen and oxygen atoms in total. The maximum absolute atomic E-state index is 13.4. The van der Waals surface area contributed by atoms with E-state index in [2.05, 4.69) is 31.9 Å². The highest BCUT2D eigenvalue weighted by atomic mass is 79.9. The molecule has 0 amide bonds. The molecular weight excluding hydrogens is 311 g/mol. The van der Waals surface area contributed by atoms with Gasteiger partial charge in [-0.1, -0.05) is 37.9 Å². The summed E-state index contributed by atoms with van der Waals surface area (Å²) in [6, 6.07) is 4.98. The van der Waals surface area contributed by atoms with Crippen molar-refractivity contribution in [3.05, 3.63) is 40.1 Å². The average molecular weight is 322 g/mol. The summed E-state index contributed by atoms with van der Waals surface area (Å²) in [6.07, 6.45) is 2.94. The summed E-state index contributed by atoms with van der Waals surface area (Å²) in [4.78, 5) is 0. The van der Waals surface area contributed by atoms with E-state index in [1.165, 1.54) is 6.07 Å². The van der Waals surface area contributed by atoms with E-state index in [1.54, 1.807) is 12.1 Å². The molecule has 0 fully saturated rings. The van der Waals surface area contributed by atoms with Gasteiger partial charge in [-0.3, -0.25) is 0 Å². The Morgan fingerprint density at radius 2 is 2.21 bits per heavy atom. The van der Waals surface area contributed by atoms with Gasteiger partial charge in [0.25, 0.3) is 0 Å². The molecule has 1 aromatic carbocycles. The molecule has 0 spiro atoms. The van der Waals surface area contributed by atoms with Crippen molar-refractivity contribution in [2.75, 3.05) is 5.33 Å². The number of hydrogen-bond acceptors (Lipinski definition) is 0. The molecule has 1 rings (SSSR count). The summed E-state index contributed by atoms with van der Waals surface area (Å²) < 4.78 is 14.3. The summed E-state index contributed by atoms with van der Waals surface area (Å²) in [5.41, 5.74) is 1.64. The van der Waals surface area contributed by atoms with E-state index in [-0.39, 0.29) is 5.82 Å². The van der Waals surface area contributed by atoms with E-state index in [0.29, 0.717) is 5.56 Å². The van der Waals surface area contributed by atoms with Gasteiger partial charge >= 0.3 is 0 Å². The van der Waals surface area contributed by atoms with E-state index in [0.717, 1.165) is 21.8 Å². The fourth-order valence-corrected chi connectivity index (χ4v) is 1.77.